The molecule has 0 radical (unpaired) electrons. The normalized spacial score (nSPS) is 19.1. The smallest absolute Gasteiger partial charge is 0.120 e. The molecule has 2 N–H and O–H groups in total. The van der Waals surface area contributed by atoms with Gasteiger partial charge >= 0.3 is 0 Å². The quantitative estimate of drug-likeness (QED) is 0.737. The Kier molecular flexibility index (Phi) is 4.36. The molecule has 2 rings (SSSR count). The van der Waals surface area contributed by atoms with E-state index < -0.39 is 0 Å². The first-order chi connectivity index (χ1) is 7.84. The van der Waals surface area contributed by atoms with Crippen molar-refractivity contribution in [3.05, 3.63) is 18.2 Å². The molecule has 0 spiro atoms. The highest BCUT2D eigenvalue weighted by atomic mass is 15.1. The van der Waals surface area contributed by atoms with Crippen molar-refractivity contribution < 1.29 is 0 Å². The van der Waals surface area contributed by atoms with Crippen LogP contribution in [-0.2, 0) is 6.54 Å². The molecule has 0 amide bonds. The predicted octanol–water partition coefficient (Wildman–Crippen LogP) is 1.23. The molecule has 0 aromatic carbocycles. The first-order valence-electron chi connectivity index (χ1n) is 6.22. The second-order valence-corrected chi connectivity index (χ2v) is 4.75. The molecule has 0 aliphatic carbocycles. The van der Waals surface area contributed by atoms with Gasteiger partial charge in [0, 0.05) is 12.4 Å². The number of hydrogen-bond acceptors (Lipinski definition) is 3. The number of imidazole rings is 1. The van der Waals surface area contributed by atoms with E-state index in [1.54, 1.807) is 6.20 Å². The molecule has 4 heteroatoms. The van der Waals surface area contributed by atoms with E-state index in [9.17, 15) is 0 Å². The summed E-state index contributed by atoms with van der Waals surface area (Å²) in [5, 5.41) is 3.44. The maximum atomic E-state index is 4.19. The van der Waals surface area contributed by atoms with E-state index in [2.05, 4.69) is 27.2 Å². The standard InChI is InChI=1S/C12H22N4/c1-16-8-3-11(4-9-16)2-5-13-10-12-14-6-7-15-12/h6-7,11,13H,2-5,8-10H2,1H3,(H,14,15). The lowest BCUT2D eigenvalue weighted by Gasteiger charge is -2.28. The van der Waals surface area contributed by atoms with Crippen LogP contribution in [0.5, 0.6) is 0 Å². The van der Waals surface area contributed by atoms with Crippen LogP contribution >= 0.6 is 0 Å². The Morgan fingerprint density at radius 1 is 1.50 bits per heavy atom. The number of aromatic amines is 1. The van der Waals surface area contributed by atoms with Gasteiger partial charge in [-0.15, -0.1) is 0 Å². The van der Waals surface area contributed by atoms with E-state index in [0.29, 0.717) is 0 Å². The van der Waals surface area contributed by atoms with E-state index in [4.69, 9.17) is 0 Å². The third-order valence-electron chi connectivity index (χ3n) is 3.41. The van der Waals surface area contributed by atoms with E-state index in [1.807, 2.05) is 6.20 Å². The molecule has 1 aromatic rings. The fourth-order valence-corrected chi connectivity index (χ4v) is 2.26. The largest absolute Gasteiger partial charge is 0.348 e. The van der Waals surface area contributed by atoms with Gasteiger partial charge in [-0.25, -0.2) is 4.98 Å². The molecule has 1 aromatic heterocycles. The summed E-state index contributed by atoms with van der Waals surface area (Å²) in [6.45, 7) is 4.50. The Balaban J connectivity index is 1.55. The third-order valence-corrected chi connectivity index (χ3v) is 3.41. The lowest BCUT2D eigenvalue weighted by atomic mass is 9.94. The highest BCUT2D eigenvalue weighted by Gasteiger charge is 2.15. The molecule has 0 saturated carbocycles. The molecule has 1 fully saturated rings. The lowest BCUT2D eigenvalue weighted by Crippen LogP contribution is -2.31. The third kappa shape index (κ3) is 3.61. The van der Waals surface area contributed by atoms with Crippen molar-refractivity contribution in [1.82, 2.24) is 20.2 Å². The average molecular weight is 222 g/mol. The molecular formula is C12H22N4. The summed E-state index contributed by atoms with van der Waals surface area (Å²) < 4.78 is 0. The van der Waals surface area contributed by atoms with Crippen LogP contribution in [0.15, 0.2) is 12.4 Å². The molecule has 1 aliphatic heterocycles. The van der Waals surface area contributed by atoms with E-state index in [-0.39, 0.29) is 0 Å². The molecule has 1 aliphatic rings. The topological polar surface area (TPSA) is 44.0 Å². The summed E-state index contributed by atoms with van der Waals surface area (Å²) in [5.74, 6) is 1.95. The summed E-state index contributed by atoms with van der Waals surface area (Å²) in [7, 11) is 2.21. The monoisotopic (exact) mass is 222 g/mol. The van der Waals surface area contributed by atoms with Crippen LogP contribution in [0.3, 0.4) is 0 Å². The van der Waals surface area contributed by atoms with Crippen LogP contribution in [0.2, 0.25) is 0 Å². The fourth-order valence-electron chi connectivity index (χ4n) is 2.26. The Labute approximate surface area is 97.4 Å². The minimum atomic E-state index is 0.861. The molecule has 90 valence electrons. The van der Waals surface area contributed by atoms with Gasteiger partial charge in [-0.1, -0.05) is 0 Å². The molecule has 0 atom stereocenters. The van der Waals surface area contributed by atoms with E-state index in [1.165, 1.54) is 32.4 Å². The van der Waals surface area contributed by atoms with Crippen molar-refractivity contribution in [3.8, 4) is 0 Å². The van der Waals surface area contributed by atoms with Gasteiger partial charge in [0.25, 0.3) is 0 Å². The van der Waals surface area contributed by atoms with Gasteiger partial charge in [-0.05, 0) is 51.9 Å². The zero-order valence-electron chi connectivity index (χ0n) is 10.1. The highest BCUT2D eigenvalue weighted by molar-refractivity contribution is 4.85. The minimum Gasteiger partial charge on any atom is -0.348 e. The lowest BCUT2D eigenvalue weighted by molar-refractivity contribution is 0.211. The van der Waals surface area contributed by atoms with Gasteiger partial charge in [0.15, 0.2) is 0 Å². The summed E-state index contributed by atoms with van der Waals surface area (Å²) in [4.78, 5) is 9.71. The molecule has 4 nitrogen and oxygen atoms in total. The number of rotatable bonds is 5. The summed E-state index contributed by atoms with van der Waals surface area (Å²) in [6, 6.07) is 0. The number of hydrogen-bond donors (Lipinski definition) is 2. The van der Waals surface area contributed by atoms with Crippen molar-refractivity contribution in [3.63, 3.8) is 0 Å². The fraction of sp³-hybridized carbons (Fsp3) is 0.750. The number of likely N-dealkylation sites (tertiary alicyclic amines) is 1. The van der Waals surface area contributed by atoms with Gasteiger partial charge in [-0.3, -0.25) is 0 Å². The second-order valence-electron chi connectivity index (χ2n) is 4.75. The van der Waals surface area contributed by atoms with Gasteiger partial charge < -0.3 is 15.2 Å². The van der Waals surface area contributed by atoms with Crippen LogP contribution in [0, 0.1) is 5.92 Å². The highest BCUT2D eigenvalue weighted by Crippen LogP contribution is 2.18. The van der Waals surface area contributed by atoms with Gasteiger partial charge in [-0.2, -0.15) is 0 Å². The first kappa shape index (κ1) is 11.6. The SMILES string of the molecule is CN1CCC(CCNCc2ncc[nH]2)CC1. The summed E-state index contributed by atoms with van der Waals surface area (Å²) in [6.07, 6.45) is 7.69. The molecule has 0 bridgehead atoms. The number of nitrogens with one attached hydrogen (secondary N) is 2. The number of aromatic nitrogens is 2. The van der Waals surface area contributed by atoms with E-state index in [0.717, 1.165) is 24.8 Å². The molecule has 2 heterocycles. The number of H-pyrrole nitrogens is 1. The Bertz CT molecular complexity index is 275. The zero-order chi connectivity index (χ0) is 11.2. The minimum absolute atomic E-state index is 0.861. The van der Waals surface area contributed by atoms with Crippen molar-refractivity contribution in [1.29, 1.82) is 0 Å². The molecule has 0 unspecified atom stereocenters. The van der Waals surface area contributed by atoms with Crippen LogP contribution in [0.4, 0.5) is 0 Å². The Morgan fingerprint density at radius 3 is 3.00 bits per heavy atom. The van der Waals surface area contributed by atoms with Crippen LogP contribution < -0.4 is 5.32 Å². The van der Waals surface area contributed by atoms with Crippen molar-refractivity contribution in [2.75, 3.05) is 26.7 Å². The second kappa shape index (κ2) is 6.01. The number of piperidine rings is 1. The van der Waals surface area contributed by atoms with Gasteiger partial charge in [0.05, 0.1) is 6.54 Å². The summed E-state index contributed by atoms with van der Waals surface area (Å²) >= 11 is 0. The zero-order valence-corrected chi connectivity index (χ0v) is 10.1. The number of nitrogens with zero attached hydrogens (tertiary/aromatic N) is 2. The van der Waals surface area contributed by atoms with Crippen molar-refractivity contribution in [2.45, 2.75) is 25.8 Å². The summed E-state index contributed by atoms with van der Waals surface area (Å²) in [5.41, 5.74) is 0. The average Bonchev–Trinajstić information content (AvgIpc) is 2.80. The Hall–Kier alpha value is -0.870. The van der Waals surface area contributed by atoms with Crippen LogP contribution in [0.25, 0.3) is 0 Å². The maximum absolute atomic E-state index is 4.19. The molecular weight excluding hydrogens is 200 g/mol. The molecule has 16 heavy (non-hydrogen) atoms. The van der Waals surface area contributed by atoms with Gasteiger partial charge in [0.2, 0.25) is 0 Å². The van der Waals surface area contributed by atoms with E-state index >= 15 is 0 Å². The van der Waals surface area contributed by atoms with Crippen molar-refractivity contribution in [2.24, 2.45) is 5.92 Å². The van der Waals surface area contributed by atoms with Crippen LogP contribution in [-0.4, -0.2) is 41.5 Å². The van der Waals surface area contributed by atoms with Crippen molar-refractivity contribution >= 4 is 0 Å². The van der Waals surface area contributed by atoms with Crippen LogP contribution in [0.1, 0.15) is 25.1 Å². The Morgan fingerprint density at radius 2 is 2.31 bits per heavy atom. The first-order valence-corrected chi connectivity index (χ1v) is 6.22. The van der Waals surface area contributed by atoms with Gasteiger partial charge in [0.1, 0.15) is 5.82 Å². The maximum Gasteiger partial charge on any atom is 0.120 e. The molecule has 1 saturated heterocycles. The predicted molar refractivity (Wildman–Crippen MR) is 65.1 cm³/mol.